The third-order valence-electron chi connectivity index (χ3n) is 7.40. The number of benzene rings is 3. The highest BCUT2D eigenvalue weighted by molar-refractivity contribution is 5.97. The summed E-state index contributed by atoms with van der Waals surface area (Å²) in [5, 5.41) is 10.7. The number of fused-ring (bicyclic) bond motifs is 1. The summed E-state index contributed by atoms with van der Waals surface area (Å²) in [5.41, 5.74) is 5.18. The number of aromatic amines is 1. The smallest absolute Gasteiger partial charge is 0.274 e. The molecule has 0 aliphatic carbocycles. The first kappa shape index (κ1) is 26.8. The average molecular weight is 541 g/mol. The standard InChI is InChI=1S/C31H32N4O5/c1-19-6-5-7-26(20(19)2)34-12-14-35(15-13-34)31(38)22-8-10-23-24(16-22)33-30(37)25(32-23)18-27(36)21-9-11-28(39-3)29(17-21)40-4/h5-11,16-18,36H,12-15H2,1-4H3,(H,33,37). The van der Waals surface area contributed by atoms with E-state index in [1.165, 1.54) is 37.1 Å². The lowest BCUT2D eigenvalue weighted by Crippen LogP contribution is -2.49. The molecule has 1 saturated heterocycles. The number of rotatable bonds is 6. The van der Waals surface area contributed by atoms with E-state index >= 15 is 0 Å². The first-order valence-corrected chi connectivity index (χ1v) is 13.1. The zero-order valence-corrected chi connectivity index (χ0v) is 23.0. The summed E-state index contributed by atoms with van der Waals surface area (Å²) in [5.74, 6) is 0.738. The van der Waals surface area contributed by atoms with Crippen molar-refractivity contribution in [1.82, 2.24) is 14.9 Å². The van der Waals surface area contributed by atoms with Crippen molar-refractivity contribution in [2.45, 2.75) is 13.8 Å². The molecule has 4 aromatic rings. The lowest BCUT2D eigenvalue weighted by atomic mass is 10.1. The van der Waals surface area contributed by atoms with Gasteiger partial charge in [0.2, 0.25) is 0 Å². The van der Waals surface area contributed by atoms with Crippen LogP contribution in [0.3, 0.4) is 0 Å². The second kappa shape index (κ2) is 11.1. The molecule has 0 spiro atoms. The molecule has 2 N–H and O–H groups in total. The van der Waals surface area contributed by atoms with Gasteiger partial charge in [-0.2, -0.15) is 0 Å². The van der Waals surface area contributed by atoms with E-state index in [1.807, 2.05) is 4.90 Å². The Hall–Kier alpha value is -4.79. The van der Waals surface area contributed by atoms with Gasteiger partial charge in [-0.3, -0.25) is 9.59 Å². The van der Waals surface area contributed by atoms with Crippen LogP contribution in [0, 0.1) is 13.8 Å². The Bertz CT molecular complexity index is 1670. The molecule has 40 heavy (non-hydrogen) atoms. The number of amides is 1. The van der Waals surface area contributed by atoms with Gasteiger partial charge in [0.25, 0.3) is 11.5 Å². The Morgan fingerprint density at radius 3 is 2.40 bits per heavy atom. The number of hydrogen-bond acceptors (Lipinski definition) is 7. The number of aliphatic hydroxyl groups is 1. The fraction of sp³-hybridized carbons (Fsp3) is 0.258. The topological polar surface area (TPSA) is 108 Å². The molecule has 0 bridgehead atoms. The molecule has 3 aromatic carbocycles. The van der Waals surface area contributed by atoms with Crippen LogP contribution in [0.2, 0.25) is 0 Å². The fourth-order valence-corrected chi connectivity index (χ4v) is 4.95. The number of methoxy groups -OCH3 is 2. The van der Waals surface area contributed by atoms with Crippen molar-refractivity contribution in [2.75, 3.05) is 45.3 Å². The highest BCUT2D eigenvalue weighted by Crippen LogP contribution is 2.30. The van der Waals surface area contributed by atoms with E-state index in [2.05, 4.69) is 46.9 Å². The minimum atomic E-state index is -0.480. The minimum Gasteiger partial charge on any atom is -0.507 e. The first-order chi connectivity index (χ1) is 19.3. The lowest BCUT2D eigenvalue weighted by Gasteiger charge is -2.37. The van der Waals surface area contributed by atoms with Crippen LogP contribution in [-0.4, -0.2) is 66.3 Å². The molecule has 0 radical (unpaired) electrons. The number of carbonyl (C=O) groups is 1. The van der Waals surface area contributed by atoms with Crippen molar-refractivity contribution in [3.63, 3.8) is 0 Å². The fourth-order valence-electron chi connectivity index (χ4n) is 4.95. The van der Waals surface area contributed by atoms with Crippen LogP contribution in [0.15, 0.2) is 59.4 Å². The van der Waals surface area contributed by atoms with Gasteiger partial charge < -0.3 is 29.4 Å². The summed E-state index contributed by atoms with van der Waals surface area (Å²) in [6.45, 7) is 6.96. The molecular weight excluding hydrogens is 508 g/mol. The maximum atomic E-state index is 13.3. The van der Waals surface area contributed by atoms with Crippen molar-refractivity contribution in [1.29, 1.82) is 0 Å². The van der Waals surface area contributed by atoms with Crippen LogP contribution in [0.5, 0.6) is 11.5 Å². The molecule has 1 fully saturated rings. The summed E-state index contributed by atoms with van der Waals surface area (Å²) in [6.07, 6.45) is 1.30. The zero-order valence-electron chi connectivity index (χ0n) is 23.0. The van der Waals surface area contributed by atoms with Gasteiger partial charge >= 0.3 is 0 Å². The molecule has 1 aromatic heterocycles. The molecule has 0 saturated carbocycles. The number of hydrogen-bond donors (Lipinski definition) is 2. The second-order valence-electron chi connectivity index (χ2n) is 9.78. The van der Waals surface area contributed by atoms with Crippen molar-refractivity contribution >= 4 is 34.5 Å². The largest absolute Gasteiger partial charge is 0.507 e. The predicted molar refractivity (Wildman–Crippen MR) is 156 cm³/mol. The molecule has 9 nitrogen and oxygen atoms in total. The summed E-state index contributed by atoms with van der Waals surface area (Å²) >= 11 is 0. The summed E-state index contributed by atoms with van der Waals surface area (Å²) in [7, 11) is 3.03. The SMILES string of the molecule is COc1ccc(C(O)=Cc2nc3ccc(C(=O)N4CCN(c5cccc(C)c5C)CC4)cc3[nH]c2=O)cc1OC. The van der Waals surface area contributed by atoms with E-state index < -0.39 is 5.56 Å². The molecule has 1 amide bonds. The summed E-state index contributed by atoms with van der Waals surface area (Å²) in [4.78, 5) is 37.5. The molecule has 206 valence electrons. The maximum absolute atomic E-state index is 13.3. The van der Waals surface area contributed by atoms with Gasteiger partial charge in [-0.05, 0) is 67.4 Å². The number of nitrogens with zero attached hydrogens (tertiary/aromatic N) is 3. The Balaban J connectivity index is 1.33. The molecule has 0 unspecified atom stereocenters. The van der Waals surface area contributed by atoms with Crippen LogP contribution >= 0.6 is 0 Å². The Kier molecular flexibility index (Phi) is 7.46. The van der Waals surface area contributed by atoms with Crippen LogP contribution in [0.1, 0.15) is 32.7 Å². The van der Waals surface area contributed by atoms with E-state index in [9.17, 15) is 14.7 Å². The highest BCUT2D eigenvalue weighted by atomic mass is 16.5. The van der Waals surface area contributed by atoms with Crippen LogP contribution in [-0.2, 0) is 0 Å². The Morgan fingerprint density at radius 2 is 1.68 bits per heavy atom. The number of nitrogens with one attached hydrogen (secondary N) is 1. The molecule has 5 rings (SSSR count). The average Bonchev–Trinajstić information content (AvgIpc) is 2.98. The van der Waals surface area contributed by atoms with E-state index in [-0.39, 0.29) is 17.4 Å². The molecule has 0 atom stereocenters. The first-order valence-electron chi connectivity index (χ1n) is 13.1. The Labute approximate surface area is 232 Å². The van der Waals surface area contributed by atoms with Crippen LogP contribution in [0.25, 0.3) is 22.9 Å². The number of piperazine rings is 1. The van der Waals surface area contributed by atoms with Gasteiger partial charge in [0, 0.05) is 49.1 Å². The third kappa shape index (κ3) is 5.22. The van der Waals surface area contributed by atoms with E-state index in [0.29, 0.717) is 46.7 Å². The van der Waals surface area contributed by atoms with Gasteiger partial charge in [-0.1, -0.05) is 12.1 Å². The second-order valence-corrected chi connectivity index (χ2v) is 9.78. The maximum Gasteiger partial charge on any atom is 0.274 e. The van der Waals surface area contributed by atoms with Crippen molar-refractivity contribution in [3.05, 3.63) is 92.9 Å². The summed E-state index contributed by atoms with van der Waals surface area (Å²) < 4.78 is 10.5. The van der Waals surface area contributed by atoms with Gasteiger partial charge in [-0.25, -0.2) is 4.98 Å². The van der Waals surface area contributed by atoms with E-state index in [1.54, 1.807) is 36.4 Å². The monoisotopic (exact) mass is 540 g/mol. The van der Waals surface area contributed by atoms with Crippen LogP contribution in [0.4, 0.5) is 5.69 Å². The number of ether oxygens (including phenoxy) is 2. The van der Waals surface area contributed by atoms with E-state index in [0.717, 1.165) is 13.1 Å². The Morgan fingerprint density at radius 1 is 0.950 bits per heavy atom. The van der Waals surface area contributed by atoms with Crippen molar-refractivity contribution in [2.24, 2.45) is 0 Å². The van der Waals surface area contributed by atoms with Gasteiger partial charge in [0.15, 0.2) is 11.5 Å². The summed E-state index contributed by atoms with van der Waals surface area (Å²) in [6, 6.07) is 16.3. The normalized spacial score (nSPS) is 13.9. The van der Waals surface area contributed by atoms with Crippen molar-refractivity contribution in [3.8, 4) is 11.5 Å². The molecule has 1 aliphatic heterocycles. The molecule has 1 aliphatic rings. The van der Waals surface area contributed by atoms with Gasteiger partial charge in [-0.15, -0.1) is 0 Å². The number of H-pyrrole nitrogens is 1. The number of aryl methyl sites for hydroxylation is 1. The number of aliphatic hydroxyl groups excluding tert-OH is 1. The minimum absolute atomic E-state index is 0.0430. The molecule has 2 heterocycles. The quantitative estimate of drug-likeness (QED) is 0.345. The lowest BCUT2D eigenvalue weighted by molar-refractivity contribution is 0.0747. The van der Waals surface area contributed by atoms with Crippen LogP contribution < -0.4 is 19.9 Å². The van der Waals surface area contributed by atoms with E-state index in [4.69, 9.17) is 9.47 Å². The number of carbonyl (C=O) groups excluding carboxylic acids is 1. The number of anilines is 1. The highest BCUT2D eigenvalue weighted by Gasteiger charge is 2.23. The van der Waals surface area contributed by atoms with Gasteiger partial charge in [0.1, 0.15) is 11.5 Å². The van der Waals surface area contributed by atoms with Crippen molar-refractivity contribution < 1.29 is 19.4 Å². The predicted octanol–water partition coefficient (Wildman–Crippen LogP) is 4.58. The number of aromatic nitrogens is 2. The molecule has 9 heteroatoms. The third-order valence-corrected chi connectivity index (χ3v) is 7.40. The zero-order chi connectivity index (χ0) is 28.4. The van der Waals surface area contributed by atoms with Gasteiger partial charge in [0.05, 0.1) is 25.3 Å². The molecular formula is C31H32N4O5.